The van der Waals surface area contributed by atoms with Crippen LogP contribution in [0, 0.1) is 5.41 Å². The summed E-state index contributed by atoms with van der Waals surface area (Å²) in [6, 6.07) is 22.2. The van der Waals surface area contributed by atoms with Crippen molar-refractivity contribution in [1.82, 2.24) is 0 Å². The Bertz CT molecular complexity index is 1460. The Kier molecular flexibility index (Phi) is 7.63. The summed E-state index contributed by atoms with van der Waals surface area (Å²) >= 11 is 0. The number of benzene rings is 4. The smallest absolute Gasteiger partial charge is 0.215 e. The van der Waals surface area contributed by atoms with E-state index in [0.717, 1.165) is 48.0 Å². The third-order valence-corrected chi connectivity index (χ3v) is 8.40. The fraction of sp³-hybridized carbons (Fsp3) is 0.343. The van der Waals surface area contributed by atoms with Gasteiger partial charge in [0.2, 0.25) is 11.6 Å². The van der Waals surface area contributed by atoms with Crippen LogP contribution >= 0.6 is 0 Å². The van der Waals surface area contributed by atoms with Crippen molar-refractivity contribution in [3.8, 4) is 11.5 Å². The summed E-state index contributed by atoms with van der Waals surface area (Å²) in [5, 5.41) is 11.7. The molecule has 2 aliphatic carbocycles. The molecule has 4 aromatic carbocycles. The predicted octanol–water partition coefficient (Wildman–Crippen LogP) is 8.50. The number of carbonyl (C=O) groups is 2. The molecule has 0 spiro atoms. The van der Waals surface area contributed by atoms with Gasteiger partial charge in [0, 0.05) is 21.9 Å². The minimum atomic E-state index is -0.586. The van der Waals surface area contributed by atoms with Crippen molar-refractivity contribution in [2.24, 2.45) is 0 Å². The highest BCUT2D eigenvalue weighted by atomic mass is 16.5. The Morgan fingerprint density at radius 2 is 0.900 bits per heavy atom. The Hall–Kier alpha value is -3.99. The second kappa shape index (κ2) is 11.6. The largest absolute Gasteiger partial charge is 0.490 e. The average Bonchev–Trinajstić information content (AvgIpc) is 3.01. The fourth-order valence-corrected chi connectivity index (χ4v) is 6.24. The molecule has 5 heteroatoms. The Morgan fingerprint density at radius 1 is 0.525 bits per heavy atom. The van der Waals surface area contributed by atoms with Crippen molar-refractivity contribution >= 4 is 38.8 Å². The summed E-state index contributed by atoms with van der Waals surface area (Å²) in [5.74, 6) is 0.321. The molecule has 2 fully saturated rings. The van der Waals surface area contributed by atoms with Crippen molar-refractivity contribution in [2.45, 2.75) is 76.4 Å². The number of fused-ring (bicyclic) bond motifs is 2. The molecular weight excluding hydrogens is 498 g/mol. The highest BCUT2D eigenvalue weighted by molar-refractivity contribution is 6.72. The molecule has 40 heavy (non-hydrogen) atoms. The van der Waals surface area contributed by atoms with Gasteiger partial charge in [-0.2, -0.15) is 0 Å². The maximum Gasteiger partial charge on any atom is 0.215 e. The molecule has 6 rings (SSSR count). The summed E-state index contributed by atoms with van der Waals surface area (Å²) in [7, 11) is 0. The van der Waals surface area contributed by atoms with Crippen LogP contribution in [0.2, 0.25) is 0 Å². The first-order valence-corrected chi connectivity index (χ1v) is 14.6. The van der Waals surface area contributed by atoms with Gasteiger partial charge in [-0.3, -0.25) is 15.0 Å². The molecule has 0 bridgehead atoms. The number of Topliss-reactive ketones (excluding diaryl/α,β-unsaturated/α-hetero) is 2. The van der Waals surface area contributed by atoms with Crippen molar-refractivity contribution in [1.29, 1.82) is 5.41 Å². The zero-order valence-electron chi connectivity index (χ0n) is 22.8. The molecule has 2 saturated carbocycles. The maximum absolute atomic E-state index is 13.6. The summed E-state index contributed by atoms with van der Waals surface area (Å²) in [6.07, 6.45) is 11.7. The highest BCUT2D eigenvalue weighted by Crippen LogP contribution is 2.34. The first-order chi connectivity index (χ1) is 19.6. The van der Waals surface area contributed by atoms with E-state index in [-0.39, 0.29) is 12.2 Å². The number of hydrogen-bond acceptors (Lipinski definition) is 5. The van der Waals surface area contributed by atoms with Gasteiger partial charge in [0.25, 0.3) is 0 Å². The molecule has 1 N–H and O–H groups in total. The van der Waals surface area contributed by atoms with Gasteiger partial charge in [0.05, 0.1) is 12.2 Å². The van der Waals surface area contributed by atoms with Crippen LogP contribution in [-0.2, 0) is 0 Å². The average molecular weight is 534 g/mol. The molecular formula is C35H35NO4. The summed E-state index contributed by atoms with van der Waals surface area (Å²) < 4.78 is 12.7. The number of ether oxygens (including phenoxy) is 2. The van der Waals surface area contributed by atoms with E-state index < -0.39 is 17.3 Å². The Balaban J connectivity index is 1.29. The number of nitrogens with one attached hydrogen (secondary N) is 1. The minimum Gasteiger partial charge on any atom is -0.490 e. The van der Waals surface area contributed by atoms with Gasteiger partial charge in [-0.15, -0.1) is 0 Å². The third-order valence-electron chi connectivity index (χ3n) is 8.40. The van der Waals surface area contributed by atoms with Gasteiger partial charge in [-0.25, -0.2) is 0 Å². The van der Waals surface area contributed by atoms with E-state index in [4.69, 9.17) is 14.9 Å². The lowest BCUT2D eigenvalue weighted by atomic mass is 9.92. The molecule has 0 atom stereocenters. The van der Waals surface area contributed by atoms with E-state index in [2.05, 4.69) is 0 Å². The van der Waals surface area contributed by atoms with Crippen molar-refractivity contribution < 1.29 is 19.1 Å². The lowest BCUT2D eigenvalue weighted by Gasteiger charge is -2.24. The van der Waals surface area contributed by atoms with Crippen LogP contribution in [0.5, 0.6) is 11.5 Å². The molecule has 0 unspecified atom stereocenters. The summed E-state index contributed by atoms with van der Waals surface area (Å²) in [6.45, 7) is 0. The standard InChI is InChI=1S/C35H35NO4/c36-33(34(37)29-19-21-31(27-17-9-7-15-25(27)29)39-23-11-3-1-4-12-23)35(38)30-20-22-32(28-18-10-8-16-26(28)30)40-24-13-5-2-6-14-24/h7-10,15-24,36H,1-6,11-14H2. The second-order valence-corrected chi connectivity index (χ2v) is 11.1. The van der Waals surface area contributed by atoms with E-state index in [0.29, 0.717) is 21.9 Å². The van der Waals surface area contributed by atoms with Crippen molar-refractivity contribution in [3.05, 3.63) is 83.9 Å². The Labute approximate surface area is 235 Å². The molecule has 0 saturated heterocycles. The lowest BCUT2D eigenvalue weighted by Crippen LogP contribution is -2.24. The van der Waals surface area contributed by atoms with Crippen molar-refractivity contribution in [2.75, 3.05) is 0 Å². The van der Waals surface area contributed by atoms with Gasteiger partial charge in [-0.05, 0) is 86.4 Å². The van der Waals surface area contributed by atoms with Gasteiger partial charge < -0.3 is 9.47 Å². The fourth-order valence-electron chi connectivity index (χ4n) is 6.24. The van der Waals surface area contributed by atoms with Gasteiger partial charge >= 0.3 is 0 Å². The number of carbonyl (C=O) groups excluding carboxylic acids is 2. The SMILES string of the molecule is N=C(C(=O)c1ccc(OC2CCCCC2)c2ccccc12)C(=O)c1ccc(OC2CCCCC2)c2ccccc12. The van der Waals surface area contributed by atoms with Gasteiger partial charge in [0.15, 0.2) is 5.71 Å². The molecule has 4 aromatic rings. The highest BCUT2D eigenvalue weighted by Gasteiger charge is 2.26. The van der Waals surface area contributed by atoms with Gasteiger partial charge in [0.1, 0.15) is 11.5 Å². The van der Waals surface area contributed by atoms with E-state index >= 15 is 0 Å². The molecule has 5 nitrogen and oxygen atoms in total. The lowest BCUT2D eigenvalue weighted by molar-refractivity contribution is 0.102. The Morgan fingerprint density at radius 3 is 1.30 bits per heavy atom. The van der Waals surface area contributed by atoms with Crippen LogP contribution in [0.25, 0.3) is 21.5 Å². The molecule has 0 aromatic heterocycles. The van der Waals surface area contributed by atoms with E-state index in [1.807, 2.05) is 60.7 Å². The van der Waals surface area contributed by atoms with Crippen LogP contribution in [-0.4, -0.2) is 29.5 Å². The quantitative estimate of drug-likeness (QED) is 0.140. The molecule has 2 aliphatic rings. The third kappa shape index (κ3) is 5.25. The number of ketones is 2. The second-order valence-electron chi connectivity index (χ2n) is 11.1. The predicted molar refractivity (Wildman–Crippen MR) is 159 cm³/mol. The number of hydrogen-bond donors (Lipinski definition) is 1. The minimum absolute atomic E-state index is 0.178. The van der Waals surface area contributed by atoms with E-state index in [1.54, 1.807) is 12.1 Å². The monoisotopic (exact) mass is 533 g/mol. The normalized spacial score (nSPS) is 16.6. The van der Waals surface area contributed by atoms with E-state index in [9.17, 15) is 9.59 Å². The topological polar surface area (TPSA) is 76.5 Å². The first-order valence-electron chi connectivity index (χ1n) is 14.6. The van der Waals surface area contributed by atoms with Crippen LogP contribution in [0.1, 0.15) is 84.9 Å². The van der Waals surface area contributed by atoms with Crippen molar-refractivity contribution in [3.63, 3.8) is 0 Å². The molecule has 0 radical (unpaired) electrons. The molecule has 204 valence electrons. The zero-order chi connectivity index (χ0) is 27.5. The van der Waals surface area contributed by atoms with Crippen LogP contribution < -0.4 is 9.47 Å². The maximum atomic E-state index is 13.6. The summed E-state index contributed by atoms with van der Waals surface area (Å²) in [4.78, 5) is 27.3. The first kappa shape index (κ1) is 26.2. The van der Waals surface area contributed by atoms with Crippen LogP contribution in [0.15, 0.2) is 72.8 Å². The van der Waals surface area contributed by atoms with E-state index in [1.165, 1.54) is 38.5 Å². The zero-order valence-corrected chi connectivity index (χ0v) is 22.8. The summed E-state index contributed by atoms with van der Waals surface area (Å²) in [5.41, 5.74) is 0.134. The molecule has 0 amide bonds. The molecule has 0 aliphatic heterocycles. The molecule has 0 heterocycles. The van der Waals surface area contributed by atoms with Crippen LogP contribution in [0.3, 0.4) is 0 Å². The van der Waals surface area contributed by atoms with Gasteiger partial charge in [-0.1, -0.05) is 61.4 Å². The number of rotatable bonds is 8. The van der Waals surface area contributed by atoms with Crippen LogP contribution in [0.4, 0.5) is 0 Å².